The van der Waals surface area contributed by atoms with Gasteiger partial charge < -0.3 is 14.6 Å². The molecule has 1 unspecified atom stereocenters. The van der Waals surface area contributed by atoms with E-state index in [2.05, 4.69) is 4.98 Å². The van der Waals surface area contributed by atoms with Crippen molar-refractivity contribution in [3.05, 3.63) is 88.2 Å². The minimum absolute atomic E-state index is 0.0831. The van der Waals surface area contributed by atoms with Crippen LogP contribution in [0.4, 0.5) is 5.69 Å². The van der Waals surface area contributed by atoms with Crippen molar-refractivity contribution in [1.82, 2.24) is 4.98 Å². The average Bonchev–Trinajstić information content (AvgIpc) is 3.14. The third kappa shape index (κ3) is 3.99. The second-order valence-electron chi connectivity index (χ2n) is 7.66. The van der Waals surface area contributed by atoms with Gasteiger partial charge in [0.1, 0.15) is 17.3 Å². The maximum Gasteiger partial charge on any atom is 0.300 e. The SMILES string of the molecule is CCc1ccc(N2C(=O)C(=O)/C(=C(/O)c3cc(OC)c(Cl)cc3OC)C2c2cccnc2)cc1. The second-order valence-corrected chi connectivity index (χ2v) is 8.07. The normalized spacial score (nSPS) is 17.2. The molecule has 1 saturated heterocycles. The zero-order valence-electron chi connectivity index (χ0n) is 18.9. The Balaban J connectivity index is 1.96. The molecule has 0 radical (unpaired) electrons. The van der Waals surface area contributed by atoms with Crippen molar-refractivity contribution in [2.75, 3.05) is 19.1 Å². The minimum Gasteiger partial charge on any atom is -0.507 e. The Hall–Kier alpha value is -3.84. The van der Waals surface area contributed by atoms with Crippen molar-refractivity contribution in [3.63, 3.8) is 0 Å². The number of methoxy groups -OCH3 is 2. The zero-order valence-corrected chi connectivity index (χ0v) is 19.7. The van der Waals surface area contributed by atoms with Gasteiger partial charge in [0, 0.05) is 24.1 Å². The lowest BCUT2D eigenvalue weighted by atomic mass is 9.95. The van der Waals surface area contributed by atoms with Gasteiger partial charge in [0.05, 0.1) is 36.4 Å². The van der Waals surface area contributed by atoms with Gasteiger partial charge in [0.25, 0.3) is 11.7 Å². The van der Waals surface area contributed by atoms with Crippen LogP contribution < -0.4 is 14.4 Å². The lowest BCUT2D eigenvalue weighted by Gasteiger charge is -2.25. The third-order valence-corrected chi connectivity index (χ3v) is 6.09. The summed E-state index contributed by atoms with van der Waals surface area (Å²) in [5.74, 6) is -1.45. The molecule has 1 atom stereocenters. The van der Waals surface area contributed by atoms with Crippen LogP contribution in [0.1, 0.15) is 29.7 Å². The van der Waals surface area contributed by atoms with E-state index in [4.69, 9.17) is 21.1 Å². The molecule has 34 heavy (non-hydrogen) atoms. The summed E-state index contributed by atoms with van der Waals surface area (Å²) in [6, 6.07) is 12.9. The average molecular weight is 479 g/mol. The van der Waals surface area contributed by atoms with Crippen LogP contribution in [0, 0.1) is 0 Å². The summed E-state index contributed by atoms with van der Waals surface area (Å²) < 4.78 is 10.7. The molecule has 7 nitrogen and oxygen atoms in total. The maximum atomic E-state index is 13.3. The zero-order chi connectivity index (χ0) is 24.4. The van der Waals surface area contributed by atoms with Crippen molar-refractivity contribution in [2.24, 2.45) is 0 Å². The second kappa shape index (κ2) is 9.57. The molecule has 174 valence electrons. The number of benzene rings is 2. The smallest absolute Gasteiger partial charge is 0.300 e. The number of aromatic nitrogens is 1. The van der Waals surface area contributed by atoms with Gasteiger partial charge in [-0.3, -0.25) is 19.5 Å². The highest BCUT2D eigenvalue weighted by Crippen LogP contribution is 2.44. The molecule has 4 rings (SSSR count). The number of ketones is 1. The Morgan fingerprint density at radius 3 is 2.38 bits per heavy atom. The Morgan fingerprint density at radius 1 is 1.09 bits per heavy atom. The summed E-state index contributed by atoms with van der Waals surface area (Å²) >= 11 is 6.21. The number of nitrogens with zero attached hydrogens (tertiary/aromatic N) is 2. The van der Waals surface area contributed by atoms with E-state index in [0.717, 1.165) is 12.0 Å². The lowest BCUT2D eigenvalue weighted by Crippen LogP contribution is -2.29. The number of hydrogen-bond acceptors (Lipinski definition) is 6. The number of rotatable bonds is 6. The Labute approximate surface area is 202 Å². The van der Waals surface area contributed by atoms with Gasteiger partial charge in [-0.15, -0.1) is 0 Å². The van der Waals surface area contributed by atoms with E-state index in [-0.39, 0.29) is 27.7 Å². The standard InChI is InChI=1S/C26H23ClN2O5/c1-4-15-7-9-17(10-8-15)29-23(16-6-5-11-28-14-16)22(25(31)26(29)32)24(30)18-12-21(34-3)19(27)13-20(18)33-2/h5-14,23,30H,4H2,1-3H3/b24-22+. The van der Waals surface area contributed by atoms with E-state index < -0.39 is 23.5 Å². The van der Waals surface area contributed by atoms with Crippen molar-refractivity contribution in [2.45, 2.75) is 19.4 Å². The summed E-state index contributed by atoms with van der Waals surface area (Å²) in [4.78, 5) is 32.1. The quantitative estimate of drug-likeness (QED) is 0.306. The first-order valence-corrected chi connectivity index (χ1v) is 11.0. The predicted molar refractivity (Wildman–Crippen MR) is 129 cm³/mol. The summed E-state index contributed by atoms with van der Waals surface area (Å²) in [6.45, 7) is 2.03. The van der Waals surface area contributed by atoms with Crippen LogP contribution in [0.15, 0.2) is 66.5 Å². The van der Waals surface area contributed by atoms with E-state index in [1.165, 1.54) is 31.3 Å². The number of Topliss-reactive ketones (excluding diaryl/α,β-unsaturated/α-hetero) is 1. The first kappa shape index (κ1) is 23.3. The molecule has 0 spiro atoms. The lowest BCUT2D eigenvalue weighted by molar-refractivity contribution is -0.132. The first-order chi connectivity index (χ1) is 16.4. The van der Waals surface area contributed by atoms with Gasteiger partial charge in [-0.1, -0.05) is 36.7 Å². The molecule has 1 aliphatic rings. The fraction of sp³-hybridized carbons (Fsp3) is 0.192. The molecule has 8 heteroatoms. The number of aryl methyl sites for hydroxylation is 1. The van der Waals surface area contributed by atoms with Gasteiger partial charge in [-0.05, 0) is 41.8 Å². The Morgan fingerprint density at radius 2 is 1.79 bits per heavy atom. The third-order valence-electron chi connectivity index (χ3n) is 5.80. The molecule has 1 aliphatic heterocycles. The molecule has 1 N–H and O–H groups in total. The Bertz CT molecular complexity index is 1270. The summed E-state index contributed by atoms with van der Waals surface area (Å²) in [6.07, 6.45) is 4.00. The van der Waals surface area contributed by atoms with E-state index in [9.17, 15) is 14.7 Å². The number of carbonyl (C=O) groups is 2. The van der Waals surface area contributed by atoms with E-state index in [0.29, 0.717) is 11.3 Å². The van der Waals surface area contributed by atoms with Crippen molar-refractivity contribution in [1.29, 1.82) is 0 Å². The number of halogens is 1. The monoisotopic (exact) mass is 478 g/mol. The van der Waals surface area contributed by atoms with Gasteiger partial charge in [0.2, 0.25) is 0 Å². The number of anilines is 1. The summed E-state index contributed by atoms with van der Waals surface area (Å²) in [5.41, 5.74) is 2.30. The van der Waals surface area contributed by atoms with E-state index in [1.54, 1.807) is 36.7 Å². The predicted octanol–water partition coefficient (Wildman–Crippen LogP) is 4.94. The van der Waals surface area contributed by atoms with Crippen molar-refractivity contribution >= 4 is 34.7 Å². The molecule has 3 aromatic rings. The van der Waals surface area contributed by atoms with E-state index in [1.807, 2.05) is 19.1 Å². The van der Waals surface area contributed by atoms with Crippen LogP contribution in [-0.2, 0) is 16.0 Å². The molecular formula is C26H23ClN2O5. The van der Waals surface area contributed by atoms with Gasteiger partial charge in [-0.2, -0.15) is 0 Å². The van der Waals surface area contributed by atoms with Crippen molar-refractivity contribution in [3.8, 4) is 11.5 Å². The highest BCUT2D eigenvalue weighted by atomic mass is 35.5. The minimum atomic E-state index is -0.896. The molecule has 0 bridgehead atoms. The number of ether oxygens (including phenoxy) is 2. The number of pyridine rings is 1. The molecule has 2 heterocycles. The Kier molecular flexibility index (Phi) is 6.56. The van der Waals surface area contributed by atoms with Crippen LogP contribution in [0.5, 0.6) is 11.5 Å². The van der Waals surface area contributed by atoms with Crippen LogP contribution in [0.2, 0.25) is 5.02 Å². The van der Waals surface area contributed by atoms with Gasteiger partial charge in [0.15, 0.2) is 0 Å². The van der Waals surface area contributed by atoms with Crippen LogP contribution in [-0.4, -0.2) is 36.0 Å². The highest BCUT2D eigenvalue weighted by molar-refractivity contribution is 6.51. The van der Waals surface area contributed by atoms with Gasteiger partial charge in [-0.25, -0.2) is 0 Å². The summed E-state index contributed by atoms with van der Waals surface area (Å²) in [5, 5.41) is 11.7. The fourth-order valence-corrected chi connectivity index (χ4v) is 4.27. The van der Waals surface area contributed by atoms with Crippen molar-refractivity contribution < 1.29 is 24.2 Å². The molecule has 0 saturated carbocycles. The number of aliphatic hydroxyl groups excluding tert-OH is 1. The fourth-order valence-electron chi connectivity index (χ4n) is 4.03. The number of carbonyl (C=O) groups excluding carboxylic acids is 2. The molecule has 1 amide bonds. The molecular weight excluding hydrogens is 456 g/mol. The molecule has 0 aliphatic carbocycles. The molecule has 2 aromatic carbocycles. The van der Waals surface area contributed by atoms with Crippen LogP contribution in [0.25, 0.3) is 5.76 Å². The topological polar surface area (TPSA) is 89.0 Å². The first-order valence-electron chi connectivity index (χ1n) is 10.6. The number of aliphatic hydroxyl groups is 1. The maximum absolute atomic E-state index is 13.3. The number of amides is 1. The number of hydrogen-bond donors (Lipinski definition) is 1. The summed E-state index contributed by atoms with van der Waals surface area (Å²) in [7, 11) is 2.85. The molecule has 1 fully saturated rings. The van der Waals surface area contributed by atoms with Crippen LogP contribution in [0.3, 0.4) is 0 Å². The highest BCUT2D eigenvalue weighted by Gasteiger charge is 2.47. The van der Waals surface area contributed by atoms with Crippen LogP contribution >= 0.6 is 11.6 Å². The molecule has 1 aromatic heterocycles. The largest absolute Gasteiger partial charge is 0.507 e. The van der Waals surface area contributed by atoms with E-state index >= 15 is 0 Å². The van der Waals surface area contributed by atoms with Gasteiger partial charge >= 0.3 is 0 Å².